The number of aromatic carboxylic acids is 1. The summed E-state index contributed by atoms with van der Waals surface area (Å²) in [5, 5.41) is 12.7. The minimum absolute atomic E-state index is 0.117. The van der Waals surface area contributed by atoms with E-state index in [4.69, 9.17) is 5.11 Å². The van der Waals surface area contributed by atoms with E-state index in [0.29, 0.717) is 12.1 Å². The smallest absolute Gasteiger partial charge is 0.336 e. The predicted molar refractivity (Wildman–Crippen MR) is 73.8 cm³/mol. The van der Waals surface area contributed by atoms with E-state index in [-0.39, 0.29) is 5.54 Å². The molecule has 0 saturated carbocycles. The molecule has 0 aliphatic carbocycles. The van der Waals surface area contributed by atoms with Crippen LogP contribution in [0.4, 0.5) is 0 Å². The van der Waals surface area contributed by atoms with Crippen LogP contribution < -0.4 is 5.32 Å². The van der Waals surface area contributed by atoms with Gasteiger partial charge in [0, 0.05) is 12.1 Å². The summed E-state index contributed by atoms with van der Waals surface area (Å²) in [4.78, 5) is 11.1. The van der Waals surface area contributed by atoms with Crippen LogP contribution in [0.2, 0.25) is 0 Å². The van der Waals surface area contributed by atoms with Crippen molar-refractivity contribution in [2.24, 2.45) is 0 Å². The van der Waals surface area contributed by atoms with Crippen LogP contribution in [0.1, 0.15) is 56.0 Å². The number of rotatable bonds is 7. The van der Waals surface area contributed by atoms with Gasteiger partial charge < -0.3 is 10.4 Å². The lowest BCUT2D eigenvalue weighted by atomic mass is 9.89. The third-order valence-electron chi connectivity index (χ3n) is 3.93. The fraction of sp³-hybridized carbons (Fsp3) is 0.533. The summed E-state index contributed by atoms with van der Waals surface area (Å²) in [5.74, 6) is -0.859. The van der Waals surface area contributed by atoms with Crippen molar-refractivity contribution in [3.8, 4) is 0 Å². The van der Waals surface area contributed by atoms with Gasteiger partial charge in [0.15, 0.2) is 0 Å². The molecular weight excluding hydrogens is 226 g/mol. The van der Waals surface area contributed by atoms with Crippen LogP contribution in [0.3, 0.4) is 0 Å². The fourth-order valence-electron chi connectivity index (χ4n) is 2.29. The van der Waals surface area contributed by atoms with Gasteiger partial charge in [-0.25, -0.2) is 4.79 Å². The molecule has 18 heavy (non-hydrogen) atoms. The Morgan fingerprint density at radius 3 is 2.22 bits per heavy atom. The standard InChI is InChI=1S/C15H23NO2/c1-4-15(5-2,6-3)16-11-12-9-7-8-10-13(12)14(17)18/h7-10,16H,4-6,11H2,1-3H3,(H,17,18). The number of nitrogens with one attached hydrogen (secondary N) is 1. The first-order valence-electron chi connectivity index (χ1n) is 6.64. The maximum Gasteiger partial charge on any atom is 0.336 e. The zero-order valence-electron chi connectivity index (χ0n) is 11.5. The lowest BCUT2D eigenvalue weighted by Crippen LogP contribution is -2.43. The molecule has 0 radical (unpaired) electrons. The molecule has 0 unspecified atom stereocenters. The quantitative estimate of drug-likeness (QED) is 0.778. The Bertz CT molecular complexity index is 389. The van der Waals surface area contributed by atoms with Gasteiger partial charge in [0.2, 0.25) is 0 Å². The molecule has 0 fully saturated rings. The van der Waals surface area contributed by atoms with Crippen LogP contribution >= 0.6 is 0 Å². The number of hydrogen-bond donors (Lipinski definition) is 2. The minimum Gasteiger partial charge on any atom is -0.478 e. The van der Waals surface area contributed by atoms with Crippen LogP contribution in [0.25, 0.3) is 0 Å². The van der Waals surface area contributed by atoms with Crippen LogP contribution in [0.5, 0.6) is 0 Å². The molecular formula is C15H23NO2. The summed E-state index contributed by atoms with van der Waals surface area (Å²) >= 11 is 0. The van der Waals surface area contributed by atoms with E-state index in [2.05, 4.69) is 26.1 Å². The Morgan fingerprint density at radius 2 is 1.72 bits per heavy atom. The van der Waals surface area contributed by atoms with Gasteiger partial charge in [-0.05, 0) is 30.9 Å². The van der Waals surface area contributed by atoms with Crippen molar-refractivity contribution < 1.29 is 9.90 Å². The van der Waals surface area contributed by atoms with E-state index >= 15 is 0 Å². The SMILES string of the molecule is CCC(CC)(CC)NCc1ccccc1C(=O)O. The number of benzene rings is 1. The summed E-state index contributed by atoms with van der Waals surface area (Å²) in [6.45, 7) is 7.12. The number of carboxylic acids is 1. The van der Waals surface area contributed by atoms with Gasteiger partial charge in [-0.3, -0.25) is 0 Å². The van der Waals surface area contributed by atoms with Gasteiger partial charge in [-0.1, -0.05) is 39.0 Å². The number of hydrogen-bond acceptors (Lipinski definition) is 2. The highest BCUT2D eigenvalue weighted by Gasteiger charge is 2.23. The molecule has 0 amide bonds. The van der Waals surface area contributed by atoms with E-state index in [1.165, 1.54) is 0 Å². The van der Waals surface area contributed by atoms with Gasteiger partial charge in [0.25, 0.3) is 0 Å². The lowest BCUT2D eigenvalue weighted by molar-refractivity contribution is 0.0695. The first-order chi connectivity index (χ1) is 8.58. The topological polar surface area (TPSA) is 49.3 Å². The van der Waals surface area contributed by atoms with Crippen molar-refractivity contribution in [2.45, 2.75) is 52.1 Å². The van der Waals surface area contributed by atoms with Crippen molar-refractivity contribution in [3.63, 3.8) is 0 Å². The molecule has 0 bridgehead atoms. The third kappa shape index (κ3) is 3.33. The monoisotopic (exact) mass is 249 g/mol. The molecule has 0 heterocycles. The second-order valence-electron chi connectivity index (χ2n) is 4.66. The first kappa shape index (κ1) is 14.7. The Morgan fingerprint density at radius 1 is 1.17 bits per heavy atom. The fourth-order valence-corrected chi connectivity index (χ4v) is 2.29. The summed E-state index contributed by atoms with van der Waals surface area (Å²) in [6.07, 6.45) is 3.15. The maximum atomic E-state index is 11.1. The Kier molecular flexibility index (Phi) is 5.35. The summed E-state index contributed by atoms with van der Waals surface area (Å²) in [5.41, 5.74) is 1.36. The van der Waals surface area contributed by atoms with E-state index in [9.17, 15) is 4.79 Å². The molecule has 0 atom stereocenters. The molecule has 0 aliphatic rings. The van der Waals surface area contributed by atoms with Crippen molar-refractivity contribution in [3.05, 3.63) is 35.4 Å². The molecule has 100 valence electrons. The van der Waals surface area contributed by atoms with E-state index in [1.54, 1.807) is 12.1 Å². The molecule has 3 nitrogen and oxygen atoms in total. The lowest BCUT2D eigenvalue weighted by Gasteiger charge is -2.32. The zero-order valence-corrected chi connectivity index (χ0v) is 11.5. The number of carboxylic acid groups (broad SMARTS) is 1. The highest BCUT2D eigenvalue weighted by Crippen LogP contribution is 2.20. The van der Waals surface area contributed by atoms with Gasteiger partial charge in [0.05, 0.1) is 5.56 Å². The third-order valence-corrected chi connectivity index (χ3v) is 3.93. The molecule has 0 aliphatic heterocycles. The highest BCUT2D eigenvalue weighted by molar-refractivity contribution is 5.89. The summed E-state index contributed by atoms with van der Waals surface area (Å²) in [6, 6.07) is 7.18. The van der Waals surface area contributed by atoms with Crippen molar-refractivity contribution in [1.82, 2.24) is 5.32 Å². The van der Waals surface area contributed by atoms with Gasteiger partial charge in [-0.2, -0.15) is 0 Å². The second kappa shape index (κ2) is 6.55. The normalized spacial score (nSPS) is 11.5. The van der Waals surface area contributed by atoms with Crippen LogP contribution in [-0.4, -0.2) is 16.6 Å². The van der Waals surface area contributed by atoms with Crippen molar-refractivity contribution in [2.75, 3.05) is 0 Å². The van der Waals surface area contributed by atoms with E-state index < -0.39 is 5.97 Å². The highest BCUT2D eigenvalue weighted by atomic mass is 16.4. The molecule has 1 aromatic carbocycles. The minimum atomic E-state index is -0.859. The van der Waals surface area contributed by atoms with Crippen LogP contribution in [0.15, 0.2) is 24.3 Å². The predicted octanol–water partition coefficient (Wildman–Crippen LogP) is 3.44. The maximum absolute atomic E-state index is 11.1. The molecule has 1 rings (SSSR count). The van der Waals surface area contributed by atoms with Gasteiger partial charge in [0.1, 0.15) is 0 Å². The van der Waals surface area contributed by atoms with Gasteiger partial charge in [-0.15, -0.1) is 0 Å². The molecule has 2 N–H and O–H groups in total. The second-order valence-corrected chi connectivity index (χ2v) is 4.66. The van der Waals surface area contributed by atoms with Crippen molar-refractivity contribution >= 4 is 5.97 Å². The average molecular weight is 249 g/mol. The summed E-state index contributed by atoms with van der Waals surface area (Å²) < 4.78 is 0. The Hall–Kier alpha value is -1.35. The molecule has 1 aromatic rings. The Balaban J connectivity index is 2.83. The molecule has 3 heteroatoms. The zero-order chi connectivity index (χ0) is 13.6. The average Bonchev–Trinajstić information content (AvgIpc) is 2.41. The Labute approximate surface area is 109 Å². The first-order valence-corrected chi connectivity index (χ1v) is 6.64. The van der Waals surface area contributed by atoms with Crippen LogP contribution in [0, 0.1) is 0 Å². The van der Waals surface area contributed by atoms with E-state index in [0.717, 1.165) is 24.8 Å². The molecule has 0 aromatic heterocycles. The van der Waals surface area contributed by atoms with Crippen molar-refractivity contribution in [1.29, 1.82) is 0 Å². The number of carbonyl (C=O) groups is 1. The van der Waals surface area contributed by atoms with E-state index in [1.807, 2.05) is 12.1 Å². The molecule has 0 saturated heterocycles. The van der Waals surface area contributed by atoms with Gasteiger partial charge >= 0.3 is 5.97 Å². The summed E-state index contributed by atoms with van der Waals surface area (Å²) in [7, 11) is 0. The largest absolute Gasteiger partial charge is 0.478 e. The molecule has 0 spiro atoms. The van der Waals surface area contributed by atoms with Crippen LogP contribution in [-0.2, 0) is 6.54 Å².